The van der Waals surface area contributed by atoms with E-state index >= 15 is 0 Å². The Labute approximate surface area is 193 Å². The van der Waals surface area contributed by atoms with Crippen LogP contribution in [0.3, 0.4) is 0 Å². The number of urea groups is 1. The summed E-state index contributed by atoms with van der Waals surface area (Å²) in [6.45, 7) is 0.139. The van der Waals surface area contributed by atoms with E-state index in [9.17, 15) is 22.4 Å². The maximum Gasteiger partial charge on any atom is 0.418 e. The van der Waals surface area contributed by atoms with Gasteiger partial charge in [0.15, 0.2) is 0 Å². The molecule has 0 radical (unpaired) electrons. The summed E-state index contributed by atoms with van der Waals surface area (Å²) in [5.41, 5.74) is 1.79. The van der Waals surface area contributed by atoms with E-state index in [0.29, 0.717) is 5.56 Å². The standard InChI is InChI=1S/C26H19F4N3O/c27-19-13-11-17(12-14-19)24-23-10-5-15-32(23)22-9-4-1-6-18(22)16-33(24)25(34)31-21-8-3-2-7-20(21)26(28,29)30/h1-15,24H,16H2,(H,31,34)/t24-/m0/s1. The van der Waals surface area contributed by atoms with Crippen LogP contribution in [0, 0.1) is 5.82 Å². The van der Waals surface area contributed by atoms with E-state index in [1.165, 1.54) is 35.2 Å². The molecular formula is C26H19F4N3O. The fourth-order valence-corrected chi connectivity index (χ4v) is 4.36. The molecule has 172 valence electrons. The van der Waals surface area contributed by atoms with Crippen LogP contribution < -0.4 is 5.32 Å². The summed E-state index contributed by atoms with van der Waals surface area (Å²) in [5.74, 6) is -0.425. The van der Waals surface area contributed by atoms with Crippen LogP contribution in [0.2, 0.25) is 0 Å². The molecule has 0 spiro atoms. The van der Waals surface area contributed by atoms with E-state index in [4.69, 9.17) is 0 Å². The van der Waals surface area contributed by atoms with Crippen molar-refractivity contribution in [2.75, 3.05) is 5.32 Å². The van der Waals surface area contributed by atoms with Crippen molar-refractivity contribution in [2.45, 2.75) is 18.8 Å². The summed E-state index contributed by atoms with van der Waals surface area (Å²) in [6.07, 6.45) is -2.76. The summed E-state index contributed by atoms with van der Waals surface area (Å²) < 4.78 is 56.2. The lowest BCUT2D eigenvalue weighted by molar-refractivity contribution is -0.136. The number of hydrogen-bond acceptors (Lipinski definition) is 1. The SMILES string of the molecule is O=C(Nc1ccccc1C(F)(F)F)N1Cc2ccccc2-n2cccc2[C@@H]1c1ccc(F)cc1. The lowest BCUT2D eigenvalue weighted by atomic mass is 10.0. The number of carbonyl (C=O) groups excluding carboxylic acids is 1. The average molecular weight is 465 g/mol. The van der Waals surface area contributed by atoms with Crippen LogP contribution in [0.15, 0.2) is 91.1 Å². The van der Waals surface area contributed by atoms with Gasteiger partial charge in [0, 0.05) is 11.9 Å². The minimum atomic E-state index is -4.62. The number of amides is 2. The lowest BCUT2D eigenvalue weighted by Crippen LogP contribution is -2.38. The predicted molar refractivity (Wildman–Crippen MR) is 120 cm³/mol. The van der Waals surface area contributed by atoms with Gasteiger partial charge in [-0.3, -0.25) is 0 Å². The smallest absolute Gasteiger partial charge is 0.318 e. The third-order valence-corrected chi connectivity index (χ3v) is 5.88. The molecule has 0 saturated carbocycles. The van der Waals surface area contributed by atoms with E-state index in [-0.39, 0.29) is 12.2 Å². The van der Waals surface area contributed by atoms with Gasteiger partial charge in [-0.15, -0.1) is 0 Å². The number of hydrogen-bond donors (Lipinski definition) is 1. The molecule has 4 aromatic rings. The fourth-order valence-electron chi connectivity index (χ4n) is 4.36. The van der Waals surface area contributed by atoms with Crippen molar-refractivity contribution in [1.82, 2.24) is 9.47 Å². The number of rotatable bonds is 2. The highest BCUT2D eigenvalue weighted by molar-refractivity contribution is 5.91. The molecule has 0 bridgehead atoms. The second-order valence-corrected chi connectivity index (χ2v) is 7.99. The second-order valence-electron chi connectivity index (χ2n) is 7.99. The van der Waals surface area contributed by atoms with Crippen molar-refractivity contribution in [3.05, 3.63) is 119 Å². The zero-order valence-electron chi connectivity index (χ0n) is 17.8. The first-order valence-electron chi connectivity index (χ1n) is 10.6. The van der Waals surface area contributed by atoms with Crippen LogP contribution in [0.25, 0.3) is 5.69 Å². The molecule has 0 fully saturated rings. The number of fused-ring (bicyclic) bond motifs is 3. The molecule has 1 aromatic heterocycles. The summed E-state index contributed by atoms with van der Waals surface area (Å²) in [5, 5.41) is 2.46. The molecule has 0 saturated heterocycles. The van der Waals surface area contributed by atoms with Gasteiger partial charge >= 0.3 is 12.2 Å². The third-order valence-electron chi connectivity index (χ3n) is 5.88. The van der Waals surface area contributed by atoms with E-state index in [0.717, 1.165) is 23.0 Å². The Bertz CT molecular complexity index is 1340. The molecule has 1 N–H and O–H groups in total. The Morgan fingerprint density at radius 1 is 0.882 bits per heavy atom. The highest BCUT2D eigenvalue weighted by Gasteiger charge is 2.36. The van der Waals surface area contributed by atoms with Crippen LogP contribution >= 0.6 is 0 Å². The average Bonchev–Trinajstić information content (AvgIpc) is 3.24. The summed E-state index contributed by atoms with van der Waals surface area (Å²) in [7, 11) is 0. The minimum Gasteiger partial charge on any atom is -0.318 e. The van der Waals surface area contributed by atoms with Gasteiger partial charge in [-0.1, -0.05) is 42.5 Å². The molecule has 4 nitrogen and oxygen atoms in total. The fraction of sp³-hybridized carbons (Fsp3) is 0.115. The number of anilines is 1. The molecule has 2 amide bonds. The Hall–Kier alpha value is -4.07. The maximum atomic E-state index is 13.7. The van der Waals surface area contributed by atoms with Crippen LogP contribution in [-0.4, -0.2) is 15.5 Å². The summed E-state index contributed by atoms with van der Waals surface area (Å²) >= 11 is 0. The molecule has 0 unspecified atom stereocenters. The summed E-state index contributed by atoms with van der Waals surface area (Å²) in [4.78, 5) is 15.0. The molecule has 34 heavy (non-hydrogen) atoms. The largest absolute Gasteiger partial charge is 0.418 e. The molecule has 0 aliphatic carbocycles. The van der Waals surface area contributed by atoms with Gasteiger partial charge in [0.1, 0.15) is 5.82 Å². The van der Waals surface area contributed by atoms with E-state index < -0.39 is 29.6 Å². The van der Waals surface area contributed by atoms with Gasteiger partial charge in [-0.05, 0) is 53.6 Å². The van der Waals surface area contributed by atoms with Crippen molar-refractivity contribution in [2.24, 2.45) is 0 Å². The monoisotopic (exact) mass is 465 g/mol. The molecule has 3 aromatic carbocycles. The Morgan fingerprint density at radius 3 is 2.35 bits per heavy atom. The Morgan fingerprint density at radius 2 is 1.59 bits per heavy atom. The quantitative estimate of drug-likeness (QED) is 0.326. The van der Waals surface area contributed by atoms with Crippen LogP contribution in [0.4, 0.5) is 28.0 Å². The third kappa shape index (κ3) is 3.91. The number of nitrogens with zero attached hydrogens (tertiary/aromatic N) is 2. The van der Waals surface area contributed by atoms with Crippen molar-refractivity contribution in [3.8, 4) is 5.69 Å². The molecule has 5 rings (SSSR count). The zero-order valence-corrected chi connectivity index (χ0v) is 17.8. The predicted octanol–water partition coefficient (Wildman–Crippen LogP) is 6.77. The zero-order chi connectivity index (χ0) is 23.9. The van der Waals surface area contributed by atoms with Crippen molar-refractivity contribution < 1.29 is 22.4 Å². The van der Waals surface area contributed by atoms with Gasteiger partial charge in [-0.25, -0.2) is 9.18 Å². The Kier molecular flexibility index (Phi) is 5.36. The van der Waals surface area contributed by atoms with Gasteiger partial charge < -0.3 is 14.8 Å². The first kappa shape index (κ1) is 21.8. The van der Waals surface area contributed by atoms with Crippen molar-refractivity contribution in [1.29, 1.82) is 0 Å². The van der Waals surface area contributed by atoms with Crippen LogP contribution in [0.5, 0.6) is 0 Å². The highest BCUT2D eigenvalue weighted by Crippen LogP contribution is 2.38. The van der Waals surface area contributed by atoms with Gasteiger partial charge in [0.05, 0.1) is 29.5 Å². The number of nitrogens with one attached hydrogen (secondary N) is 1. The molecule has 1 atom stereocenters. The van der Waals surface area contributed by atoms with Gasteiger partial charge in [0.2, 0.25) is 0 Å². The number of para-hydroxylation sites is 2. The lowest BCUT2D eigenvalue weighted by Gasteiger charge is -2.31. The minimum absolute atomic E-state index is 0.139. The number of aromatic nitrogens is 1. The molecular weight excluding hydrogens is 446 g/mol. The number of carbonyl (C=O) groups is 1. The van der Waals surface area contributed by atoms with Gasteiger partial charge in [-0.2, -0.15) is 13.2 Å². The first-order valence-corrected chi connectivity index (χ1v) is 10.6. The van der Waals surface area contributed by atoms with Crippen molar-refractivity contribution in [3.63, 3.8) is 0 Å². The topological polar surface area (TPSA) is 37.3 Å². The van der Waals surface area contributed by atoms with E-state index in [1.807, 2.05) is 47.2 Å². The summed E-state index contributed by atoms with van der Waals surface area (Å²) in [6, 6.07) is 20.5. The number of alkyl halides is 3. The molecule has 1 aliphatic rings. The van der Waals surface area contributed by atoms with Crippen molar-refractivity contribution >= 4 is 11.7 Å². The number of halogens is 4. The Balaban J connectivity index is 1.62. The normalized spacial score (nSPS) is 15.3. The number of benzene rings is 3. The highest BCUT2D eigenvalue weighted by atomic mass is 19.4. The first-order chi connectivity index (χ1) is 16.3. The molecule has 1 aliphatic heterocycles. The maximum absolute atomic E-state index is 13.7. The molecule has 2 heterocycles. The van der Waals surface area contributed by atoms with Crippen LogP contribution in [-0.2, 0) is 12.7 Å². The van der Waals surface area contributed by atoms with Crippen LogP contribution in [0.1, 0.15) is 28.4 Å². The molecule has 8 heteroatoms. The van der Waals surface area contributed by atoms with E-state index in [2.05, 4.69) is 5.32 Å². The van der Waals surface area contributed by atoms with E-state index in [1.54, 1.807) is 12.1 Å². The second kappa shape index (κ2) is 8.37. The van der Waals surface area contributed by atoms with Gasteiger partial charge in [0.25, 0.3) is 0 Å².